The normalized spacial score (nSPS) is 14.9. The molecule has 4 rings (SSSR count). The molecule has 0 atom stereocenters. The van der Waals surface area contributed by atoms with E-state index < -0.39 is 17.6 Å². The fourth-order valence-corrected chi connectivity index (χ4v) is 3.71. The number of nitrogens with one attached hydrogen (secondary N) is 1. The van der Waals surface area contributed by atoms with Gasteiger partial charge in [-0.3, -0.25) is 0 Å². The highest BCUT2D eigenvalue weighted by molar-refractivity contribution is 5.95. The topological polar surface area (TPSA) is 44.3 Å². The first kappa shape index (κ1) is 21.3. The molecule has 3 aromatic rings. The highest BCUT2D eigenvalue weighted by atomic mass is 19.4. The Bertz CT molecular complexity index is 1110. The number of hydrogen-bond acceptors (Lipinski definition) is 5. The summed E-state index contributed by atoms with van der Waals surface area (Å²) in [5.41, 5.74) is 0.415. The summed E-state index contributed by atoms with van der Waals surface area (Å²) >= 11 is 0. The van der Waals surface area contributed by atoms with Crippen LogP contribution >= 0.6 is 0 Å². The van der Waals surface area contributed by atoms with Crippen molar-refractivity contribution in [1.29, 1.82) is 0 Å². The van der Waals surface area contributed by atoms with E-state index in [1.807, 2.05) is 25.1 Å². The molecule has 164 valence electrons. The summed E-state index contributed by atoms with van der Waals surface area (Å²) in [5, 5.41) is 13.0. The Labute approximate surface area is 177 Å². The molecule has 0 amide bonds. The molecular formula is C22H23F4N5. The van der Waals surface area contributed by atoms with E-state index in [2.05, 4.69) is 39.4 Å². The first-order chi connectivity index (χ1) is 14.6. The molecule has 1 aromatic heterocycles. The molecule has 0 unspecified atom stereocenters. The second-order valence-corrected chi connectivity index (χ2v) is 8.02. The molecule has 0 spiro atoms. The molecule has 0 aliphatic carbocycles. The van der Waals surface area contributed by atoms with Crippen molar-refractivity contribution < 1.29 is 17.6 Å². The Hall–Kier alpha value is -2.94. The molecule has 0 bridgehead atoms. The third kappa shape index (κ3) is 4.14. The van der Waals surface area contributed by atoms with E-state index in [1.54, 1.807) is 0 Å². The van der Waals surface area contributed by atoms with Crippen molar-refractivity contribution >= 4 is 22.3 Å². The molecule has 0 saturated carbocycles. The average molecular weight is 433 g/mol. The zero-order valence-electron chi connectivity index (χ0n) is 17.5. The lowest BCUT2D eigenvalue weighted by Crippen LogP contribution is -2.57. The van der Waals surface area contributed by atoms with E-state index in [4.69, 9.17) is 0 Å². The summed E-state index contributed by atoms with van der Waals surface area (Å²) in [6.07, 6.45) is -4.74. The monoisotopic (exact) mass is 433 g/mol. The molecule has 5 nitrogen and oxygen atoms in total. The molecule has 1 aliphatic rings. The maximum atomic E-state index is 14.4. The summed E-state index contributed by atoms with van der Waals surface area (Å²) in [6, 6.07) is 9.74. The van der Waals surface area contributed by atoms with Crippen molar-refractivity contribution in [3.8, 4) is 0 Å². The van der Waals surface area contributed by atoms with Crippen molar-refractivity contribution in [2.45, 2.75) is 25.7 Å². The Kier molecular flexibility index (Phi) is 5.47. The predicted molar refractivity (Wildman–Crippen MR) is 113 cm³/mol. The van der Waals surface area contributed by atoms with E-state index >= 15 is 0 Å². The zero-order chi connectivity index (χ0) is 22.3. The van der Waals surface area contributed by atoms with Gasteiger partial charge in [-0.1, -0.05) is 18.2 Å². The highest BCUT2D eigenvalue weighted by Gasteiger charge is 2.34. The molecule has 1 N–H and O–H groups in total. The summed E-state index contributed by atoms with van der Waals surface area (Å²) < 4.78 is 53.3. The van der Waals surface area contributed by atoms with Crippen LogP contribution in [0.4, 0.5) is 29.1 Å². The van der Waals surface area contributed by atoms with Gasteiger partial charge in [0, 0.05) is 47.7 Å². The van der Waals surface area contributed by atoms with E-state index in [-0.39, 0.29) is 12.1 Å². The molecule has 0 radical (unpaired) electrons. The van der Waals surface area contributed by atoms with Crippen molar-refractivity contribution in [2.24, 2.45) is 0 Å². The lowest BCUT2D eigenvalue weighted by atomic mass is 10.0. The number of aromatic nitrogens is 2. The lowest BCUT2D eigenvalue weighted by molar-refractivity contribution is -0.140. The second-order valence-electron chi connectivity index (χ2n) is 8.02. The fraction of sp³-hybridized carbons (Fsp3) is 0.364. The Balaban J connectivity index is 1.61. The van der Waals surface area contributed by atoms with Crippen molar-refractivity contribution in [3.05, 3.63) is 59.0 Å². The van der Waals surface area contributed by atoms with Crippen molar-refractivity contribution in [1.82, 2.24) is 15.1 Å². The summed E-state index contributed by atoms with van der Waals surface area (Å²) in [4.78, 5) is 4.43. The quantitative estimate of drug-likeness (QED) is 0.602. The van der Waals surface area contributed by atoms with Crippen molar-refractivity contribution in [2.75, 3.05) is 37.4 Å². The minimum Gasteiger partial charge on any atom is -0.368 e. The van der Waals surface area contributed by atoms with Crippen LogP contribution in [0.3, 0.4) is 0 Å². The molecule has 9 heteroatoms. The van der Waals surface area contributed by atoms with Gasteiger partial charge in [-0.2, -0.15) is 18.3 Å². The number of benzene rings is 2. The lowest BCUT2D eigenvalue weighted by Gasteiger charge is -2.44. The van der Waals surface area contributed by atoms with Gasteiger partial charge in [-0.25, -0.2) is 4.39 Å². The van der Waals surface area contributed by atoms with Crippen LogP contribution in [0.5, 0.6) is 0 Å². The standard InChI is InChI=1S/C22H23F4N5/c1-13-17-8-7-15(31-11-16(12-31)30(2)3)9-18(17)21(29-28-13)27-10-14-5-4-6-19(20(14)23)22(24,25)26/h4-9,16H,10-12H2,1-3H3,(H,27,29). The Morgan fingerprint density at radius 1 is 1.10 bits per heavy atom. The average Bonchev–Trinajstić information content (AvgIpc) is 2.66. The summed E-state index contributed by atoms with van der Waals surface area (Å²) in [7, 11) is 4.10. The number of likely N-dealkylation sites (N-methyl/N-ethyl adjacent to an activating group) is 1. The number of fused-ring (bicyclic) bond motifs is 1. The molecule has 1 fully saturated rings. The number of halogens is 4. The smallest absolute Gasteiger partial charge is 0.368 e. The van der Waals surface area contributed by atoms with E-state index in [0.29, 0.717) is 11.9 Å². The van der Waals surface area contributed by atoms with Gasteiger partial charge in [-0.15, -0.1) is 5.10 Å². The molecule has 2 aromatic carbocycles. The minimum atomic E-state index is -4.74. The van der Waals surface area contributed by atoms with Gasteiger partial charge in [0.2, 0.25) is 0 Å². The molecule has 31 heavy (non-hydrogen) atoms. The van der Waals surface area contributed by atoms with Gasteiger partial charge in [0.15, 0.2) is 5.82 Å². The largest absolute Gasteiger partial charge is 0.419 e. The van der Waals surface area contributed by atoms with Crippen LogP contribution in [0, 0.1) is 12.7 Å². The molecule has 1 saturated heterocycles. The first-order valence-corrected chi connectivity index (χ1v) is 9.92. The summed E-state index contributed by atoms with van der Waals surface area (Å²) in [5.74, 6) is -0.869. The SMILES string of the molecule is Cc1nnc(NCc2cccc(C(F)(F)F)c2F)c2cc(N3CC(N(C)C)C3)ccc12. The van der Waals surface area contributed by atoms with Crippen LogP contribution in [-0.4, -0.2) is 48.3 Å². The van der Waals surface area contributed by atoms with Crippen LogP contribution in [0.2, 0.25) is 0 Å². The van der Waals surface area contributed by atoms with Crippen LogP contribution in [0.1, 0.15) is 16.8 Å². The number of anilines is 2. The number of aryl methyl sites for hydroxylation is 1. The highest BCUT2D eigenvalue weighted by Crippen LogP contribution is 2.33. The van der Waals surface area contributed by atoms with Gasteiger partial charge in [-0.05, 0) is 39.2 Å². The third-order valence-corrected chi connectivity index (χ3v) is 5.74. The Morgan fingerprint density at radius 2 is 1.84 bits per heavy atom. The van der Waals surface area contributed by atoms with Crippen molar-refractivity contribution in [3.63, 3.8) is 0 Å². The maximum absolute atomic E-state index is 14.4. The van der Waals surface area contributed by atoms with Crippen LogP contribution < -0.4 is 10.2 Å². The second kappa shape index (κ2) is 7.96. The number of nitrogens with zero attached hydrogens (tertiary/aromatic N) is 4. The molecular weight excluding hydrogens is 410 g/mol. The zero-order valence-corrected chi connectivity index (χ0v) is 17.5. The van der Waals surface area contributed by atoms with Gasteiger partial charge in [0.05, 0.1) is 11.3 Å². The van der Waals surface area contributed by atoms with Crippen LogP contribution in [0.25, 0.3) is 10.8 Å². The number of hydrogen-bond donors (Lipinski definition) is 1. The number of rotatable bonds is 5. The maximum Gasteiger partial charge on any atom is 0.419 e. The minimum absolute atomic E-state index is 0.0851. The van der Waals surface area contributed by atoms with E-state index in [0.717, 1.165) is 41.3 Å². The van der Waals surface area contributed by atoms with Crippen LogP contribution in [-0.2, 0) is 12.7 Å². The van der Waals surface area contributed by atoms with E-state index in [1.165, 1.54) is 12.1 Å². The summed E-state index contributed by atoms with van der Waals surface area (Å²) in [6.45, 7) is 3.53. The Morgan fingerprint density at radius 3 is 2.52 bits per heavy atom. The van der Waals surface area contributed by atoms with E-state index in [9.17, 15) is 17.6 Å². The van der Waals surface area contributed by atoms with Gasteiger partial charge in [0.25, 0.3) is 0 Å². The van der Waals surface area contributed by atoms with Gasteiger partial charge in [0.1, 0.15) is 5.82 Å². The third-order valence-electron chi connectivity index (χ3n) is 5.74. The van der Waals surface area contributed by atoms with Gasteiger partial charge >= 0.3 is 6.18 Å². The van der Waals surface area contributed by atoms with Crippen LogP contribution in [0.15, 0.2) is 36.4 Å². The molecule has 1 aliphatic heterocycles. The molecule has 2 heterocycles. The van der Waals surface area contributed by atoms with Gasteiger partial charge < -0.3 is 15.1 Å². The number of alkyl halides is 3. The fourth-order valence-electron chi connectivity index (χ4n) is 3.71. The first-order valence-electron chi connectivity index (χ1n) is 9.92. The predicted octanol–water partition coefficient (Wildman–Crippen LogP) is 4.46.